The van der Waals surface area contributed by atoms with Crippen molar-refractivity contribution in [3.8, 4) is 0 Å². The van der Waals surface area contributed by atoms with Crippen LogP contribution in [0.2, 0.25) is 0 Å². The summed E-state index contributed by atoms with van der Waals surface area (Å²) in [5.74, 6) is 0.858. The number of aryl methyl sites for hydroxylation is 3. The highest BCUT2D eigenvalue weighted by Crippen LogP contribution is 2.32. The zero-order valence-electron chi connectivity index (χ0n) is 36.3. The van der Waals surface area contributed by atoms with Crippen molar-refractivity contribution in [1.82, 2.24) is 0 Å². The predicted octanol–water partition coefficient (Wildman–Crippen LogP) is 9.90. The van der Waals surface area contributed by atoms with Crippen LogP contribution in [0.3, 0.4) is 0 Å². The average molecular weight is 771 g/mol. The molecule has 3 saturated carbocycles. The van der Waals surface area contributed by atoms with Crippen molar-refractivity contribution in [3.63, 3.8) is 0 Å². The van der Waals surface area contributed by atoms with Crippen molar-refractivity contribution < 1.29 is 28.8 Å². The van der Waals surface area contributed by atoms with Crippen LogP contribution in [0.1, 0.15) is 171 Å². The fourth-order valence-corrected chi connectivity index (χ4v) is 7.00. The Hall–Kier alpha value is -4.13. The minimum absolute atomic E-state index is 0. The molecule has 0 atom stereocenters. The van der Waals surface area contributed by atoms with E-state index in [1.54, 1.807) is 0 Å². The highest BCUT2D eigenvalue weighted by molar-refractivity contribution is 6.03. The summed E-state index contributed by atoms with van der Waals surface area (Å²) in [4.78, 5) is 68.4. The summed E-state index contributed by atoms with van der Waals surface area (Å²) in [5, 5.41) is 0. The number of benzene rings is 3. The molecule has 6 rings (SSSR count). The van der Waals surface area contributed by atoms with Crippen molar-refractivity contribution in [2.24, 2.45) is 0 Å². The molecule has 303 valence electrons. The highest BCUT2D eigenvalue weighted by Gasteiger charge is 2.28. The van der Waals surface area contributed by atoms with E-state index in [4.69, 9.17) is 0 Å². The molecule has 0 saturated heterocycles. The molecule has 57 heavy (non-hydrogen) atoms. The molecule has 3 aliphatic carbocycles. The summed E-state index contributed by atoms with van der Waals surface area (Å²) < 4.78 is 0. The minimum atomic E-state index is 0. The Bertz CT molecular complexity index is 1600. The van der Waals surface area contributed by atoms with Crippen molar-refractivity contribution in [2.45, 2.75) is 157 Å². The molecule has 0 unspecified atom stereocenters. The van der Waals surface area contributed by atoms with Gasteiger partial charge < -0.3 is 0 Å². The third-order valence-electron chi connectivity index (χ3n) is 9.59. The lowest BCUT2D eigenvalue weighted by Gasteiger charge is -2.22. The fourth-order valence-electron chi connectivity index (χ4n) is 7.00. The maximum atomic E-state index is 11.4. The number of carbonyl (C=O) groups is 6. The lowest BCUT2D eigenvalue weighted by atomic mass is 9.80. The van der Waals surface area contributed by atoms with Crippen LogP contribution in [0, 0.1) is 0 Å². The normalized spacial score (nSPS) is 15.3. The molecule has 3 fully saturated rings. The zero-order chi connectivity index (χ0) is 40.6. The van der Waals surface area contributed by atoms with Crippen LogP contribution in [-0.2, 0) is 48.0 Å². The smallest absolute Gasteiger partial charge is 0.140 e. The number of rotatable bonds is 6. The van der Waals surface area contributed by atoms with E-state index < -0.39 is 0 Å². The van der Waals surface area contributed by atoms with Gasteiger partial charge in [0.1, 0.15) is 34.7 Å². The van der Waals surface area contributed by atoms with Crippen LogP contribution in [0.5, 0.6) is 0 Å². The summed E-state index contributed by atoms with van der Waals surface area (Å²) in [6.45, 7) is 18.3. The Morgan fingerprint density at radius 1 is 0.404 bits per heavy atom. The zero-order valence-corrected chi connectivity index (χ0v) is 36.3. The van der Waals surface area contributed by atoms with E-state index in [9.17, 15) is 28.8 Å². The maximum absolute atomic E-state index is 11.4. The Balaban J connectivity index is -0.000000701. The Kier molecular flexibility index (Phi) is 32.0. The van der Waals surface area contributed by atoms with Crippen LogP contribution in [0.15, 0.2) is 72.8 Å². The maximum Gasteiger partial charge on any atom is 0.140 e. The van der Waals surface area contributed by atoms with Gasteiger partial charge in [-0.15, -0.1) is 0 Å². The van der Waals surface area contributed by atoms with Crippen LogP contribution >= 0.6 is 0 Å². The van der Waals surface area contributed by atoms with Gasteiger partial charge in [-0.25, -0.2) is 0 Å². The molecule has 6 nitrogen and oxygen atoms in total. The summed E-state index contributed by atoms with van der Waals surface area (Å²) in [7, 11) is 0. The van der Waals surface area contributed by atoms with Gasteiger partial charge in [0.25, 0.3) is 0 Å². The van der Waals surface area contributed by atoms with Crippen LogP contribution < -0.4 is 0 Å². The van der Waals surface area contributed by atoms with Gasteiger partial charge in [-0.3, -0.25) is 28.8 Å². The quantitative estimate of drug-likeness (QED) is 0.183. The lowest BCUT2D eigenvalue weighted by molar-refractivity contribution is -0.131. The molecule has 9 radical (unpaired) electrons. The minimum Gasteiger partial charge on any atom is -0.299 e. The molecule has 0 aliphatic heterocycles. The van der Waals surface area contributed by atoms with Gasteiger partial charge >= 0.3 is 0 Å². The van der Waals surface area contributed by atoms with Crippen LogP contribution in [0.4, 0.5) is 0 Å². The van der Waals surface area contributed by atoms with E-state index in [0.29, 0.717) is 38.5 Å². The molecule has 3 aromatic rings. The number of hydrogen-bond donors (Lipinski definition) is 0. The number of carbonyl (C=O) groups excluding carboxylic acids is 6. The Morgan fingerprint density at radius 3 is 1.19 bits per heavy atom. The molecule has 0 N–H and O–H groups in total. The van der Waals surface area contributed by atoms with Crippen LogP contribution in [-0.4, -0.2) is 59.9 Å². The molecule has 0 aromatic heterocycles. The van der Waals surface area contributed by atoms with Crippen molar-refractivity contribution >= 4 is 59.9 Å². The molecular formula is C48H66B3O6. The van der Waals surface area contributed by atoms with Gasteiger partial charge in [0.2, 0.25) is 0 Å². The first-order valence-electron chi connectivity index (χ1n) is 20.4. The Morgan fingerprint density at radius 2 is 0.789 bits per heavy atom. The molecule has 0 spiro atoms. The summed E-state index contributed by atoms with van der Waals surface area (Å²) in [6.07, 6.45) is 6.55. The van der Waals surface area contributed by atoms with E-state index in [0.717, 1.165) is 30.4 Å². The second kappa shape index (κ2) is 31.9. The first kappa shape index (κ1) is 57.2. The van der Waals surface area contributed by atoms with E-state index in [1.165, 1.54) is 22.3 Å². The van der Waals surface area contributed by atoms with E-state index in [-0.39, 0.29) is 97.0 Å². The third kappa shape index (κ3) is 19.7. The second-order valence-electron chi connectivity index (χ2n) is 13.3. The summed E-state index contributed by atoms with van der Waals surface area (Å²) >= 11 is 0. The van der Waals surface area contributed by atoms with Crippen molar-refractivity contribution in [2.75, 3.05) is 0 Å². The molecule has 0 amide bonds. The topological polar surface area (TPSA) is 102 Å². The van der Waals surface area contributed by atoms with Gasteiger partial charge in [0.15, 0.2) is 0 Å². The van der Waals surface area contributed by atoms with Gasteiger partial charge in [0.05, 0.1) is 19.3 Å². The average Bonchev–Trinajstić information content (AvgIpc) is 3.19. The van der Waals surface area contributed by atoms with Crippen molar-refractivity contribution in [3.05, 3.63) is 106 Å². The van der Waals surface area contributed by atoms with E-state index >= 15 is 0 Å². The van der Waals surface area contributed by atoms with E-state index in [1.807, 2.05) is 65.8 Å². The molecule has 0 bridgehead atoms. The number of ketones is 6. The molecule has 3 aliphatic rings. The van der Waals surface area contributed by atoms with Gasteiger partial charge in [-0.1, -0.05) is 135 Å². The number of hydrogen-bond acceptors (Lipinski definition) is 6. The van der Waals surface area contributed by atoms with Gasteiger partial charge in [-0.2, -0.15) is 0 Å². The molecule has 3 aromatic carbocycles. The predicted molar refractivity (Wildman–Crippen MR) is 239 cm³/mol. The first-order valence-corrected chi connectivity index (χ1v) is 20.4. The monoisotopic (exact) mass is 772 g/mol. The largest absolute Gasteiger partial charge is 0.299 e. The Labute approximate surface area is 350 Å². The molecule has 0 heterocycles. The van der Waals surface area contributed by atoms with Gasteiger partial charge in [0, 0.05) is 63.8 Å². The summed E-state index contributed by atoms with van der Waals surface area (Å²) in [6, 6.07) is 24.6. The second-order valence-corrected chi connectivity index (χ2v) is 13.3. The van der Waals surface area contributed by atoms with Crippen molar-refractivity contribution in [1.29, 1.82) is 0 Å². The van der Waals surface area contributed by atoms with Gasteiger partial charge in [-0.05, 0) is 70.4 Å². The van der Waals surface area contributed by atoms with E-state index in [2.05, 4.69) is 69.3 Å². The highest BCUT2D eigenvalue weighted by atomic mass is 16.2. The SMILES string of the molecule is CC.CC.CC.CCc1ccc(C2CC(=O)CC(=O)C2)cc1.CCc1cccc(C2CC(=O)CC(=O)C2)c1.CCc1ccccc1C1CC(=O)CC(=O)C1.[B].[B].[B]. The first-order chi connectivity index (χ1) is 26.1. The summed E-state index contributed by atoms with van der Waals surface area (Å²) in [5.41, 5.74) is 7.26. The van der Waals surface area contributed by atoms with Crippen LogP contribution in [0.25, 0.3) is 0 Å². The number of Topliss-reactive ketones (excluding diaryl/α,β-unsaturated/α-hetero) is 6. The lowest BCUT2D eigenvalue weighted by Crippen LogP contribution is -2.22. The third-order valence-corrected chi connectivity index (χ3v) is 9.59. The molecular weight excluding hydrogens is 705 g/mol. The fraction of sp³-hybridized carbons (Fsp3) is 0.500. The standard InChI is InChI=1S/3C14H16O2.3C2H6.3B/c1-2-10-3-5-11(6-4-10)12-7-13(15)9-14(16)8-12;1-2-10-4-3-5-11(6-10)12-7-13(15)9-14(16)8-12;1-2-10-5-3-4-6-14(10)11-7-12(15)9-13(16)8-11;3*1-2;;;/h2*3-6,12H,2,7-9H2,1H3;3-6,11H,2,7-9H2,1H3;3*1-2H3;;;. The molecule has 9 heteroatoms.